The van der Waals surface area contributed by atoms with Gasteiger partial charge in [-0.15, -0.1) is 0 Å². The maximum absolute atomic E-state index is 10.2. The first-order valence-electron chi connectivity index (χ1n) is 4.03. The fraction of sp³-hybridized carbons (Fsp3) is 0.375. The number of H-pyrrole nitrogens is 1. The van der Waals surface area contributed by atoms with E-state index in [-0.39, 0.29) is 5.43 Å². The van der Waals surface area contributed by atoms with E-state index < -0.39 is 0 Å². The van der Waals surface area contributed by atoms with Gasteiger partial charge in [-0.05, 0) is 0 Å². The minimum atomic E-state index is 0.0405. The monoisotopic (exact) mass is 142 g/mol. The van der Waals surface area contributed by atoms with Crippen molar-refractivity contribution in [2.75, 3.05) is 0 Å². The minimum Gasteiger partial charge on any atom is -0.367 e. The maximum Gasteiger partial charge on any atom is 0.181 e. The number of nitrogens with one attached hydrogen (secondary N) is 1. The summed E-state index contributed by atoms with van der Waals surface area (Å²) in [5.74, 6) is 0. The first-order valence-corrected chi connectivity index (χ1v) is 3.03. The van der Waals surface area contributed by atoms with Crippen LogP contribution in [0.25, 0.3) is 0 Å². The van der Waals surface area contributed by atoms with Gasteiger partial charge in [-0.2, -0.15) is 0 Å². The van der Waals surface area contributed by atoms with Crippen LogP contribution in [0.3, 0.4) is 0 Å². The van der Waals surface area contributed by atoms with E-state index in [0.29, 0.717) is 0 Å². The van der Waals surface area contributed by atoms with Crippen molar-refractivity contribution >= 4 is 0 Å². The van der Waals surface area contributed by atoms with Crippen LogP contribution >= 0.6 is 0 Å². The molecular weight excluding hydrogens is 126 g/mol. The van der Waals surface area contributed by atoms with Crippen LogP contribution in [0.1, 0.15) is 22.6 Å². The lowest BCUT2D eigenvalue weighted by Crippen LogP contribution is -1.92. The van der Waals surface area contributed by atoms with Crippen LogP contribution in [0.5, 0.6) is 0 Å². The molecule has 0 spiro atoms. The van der Waals surface area contributed by atoms with Gasteiger partial charge in [0.1, 0.15) is 0 Å². The summed E-state index contributed by atoms with van der Waals surface area (Å²) in [6, 6.07) is 2.94. The van der Waals surface area contributed by atoms with E-state index in [2.05, 4.69) is 4.98 Å². The molecule has 0 atom stereocenters. The molecule has 1 heterocycles. The molecule has 58 valence electrons. The molecule has 0 aliphatic carbocycles. The van der Waals surface area contributed by atoms with Gasteiger partial charge in [0.25, 0.3) is 0 Å². The number of hydrogen-bond donors (Lipinski definition) is 1. The highest BCUT2D eigenvalue weighted by Crippen LogP contribution is 1.64. The van der Waals surface area contributed by atoms with Crippen molar-refractivity contribution in [1.29, 1.82) is 0 Å². The number of aromatic nitrogens is 1. The van der Waals surface area contributed by atoms with Crippen molar-refractivity contribution in [2.24, 2.45) is 0 Å². The largest absolute Gasteiger partial charge is 0.367 e. The molecule has 1 aromatic heterocycles. The molecule has 0 saturated heterocycles. The first kappa shape index (κ1) is 8.95. The zero-order valence-electron chi connectivity index (χ0n) is 7.72. The average molecular weight is 142 g/mol. The Kier molecular flexibility index (Phi) is 7.12. The van der Waals surface area contributed by atoms with Crippen LogP contribution in [0, 0.1) is 0 Å². The smallest absolute Gasteiger partial charge is 0.181 e. The Bertz CT molecular complexity index is 180. The summed E-state index contributed by atoms with van der Waals surface area (Å²) in [7, 11) is 1.25. The molecule has 0 unspecified atom stereocenters. The number of hydrogen-bond acceptors (Lipinski definition) is 1. The van der Waals surface area contributed by atoms with Gasteiger partial charge in [-0.1, -0.05) is 21.3 Å². The predicted octanol–water partition coefficient (Wildman–Crippen LogP) is 2.04. The van der Waals surface area contributed by atoms with Crippen LogP contribution in [-0.2, 0) is 0 Å². The van der Waals surface area contributed by atoms with E-state index >= 15 is 0 Å². The second-order valence-electron chi connectivity index (χ2n) is 1.24. The molecule has 1 aromatic rings. The van der Waals surface area contributed by atoms with E-state index in [9.17, 15) is 4.79 Å². The third-order valence-corrected chi connectivity index (χ3v) is 0.688. The Labute approximate surface area is 63.3 Å². The van der Waals surface area contributed by atoms with Crippen molar-refractivity contribution in [3.63, 3.8) is 0 Å². The molecule has 0 saturated carbocycles. The second kappa shape index (κ2) is 7.95. The van der Waals surface area contributed by atoms with E-state index in [1.54, 1.807) is 12.4 Å². The Morgan fingerprint density at radius 2 is 1.80 bits per heavy atom. The van der Waals surface area contributed by atoms with Gasteiger partial charge in [-0.3, -0.25) is 4.79 Å². The minimum absolute atomic E-state index is 0.0405. The number of rotatable bonds is 0. The highest BCUT2D eigenvalue weighted by Gasteiger charge is 1.70. The summed E-state index contributed by atoms with van der Waals surface area (Å²) in [6.45, 7) is 4.00. The number of aromatic amines is 1. The SMILES string of the molecule is CC.O=c1cc[nH]cc1.[2H]C. The van der Waals surface area contributed by atoms with E-state index in [0.717, 1.165) is 0 Å². The van der Waals surface area contributed by atoms with Gasteiger partial charge in [0.05, 0.1) is 0 Å². The molecule has 1 rings (SSSR count). The molecule has 0 aliphatic rings. The third kappa shape index (κ3) is 5.09. The van der Waals surface area contributed by atoms with Crippen molar-refractivity contribution in [1.82, 2.24) is 4.98 Å². The molecule has 2 nitrogen and oxygen atoms in total. The summed E-state index contributed by atoms with van der Waals surface area (Å²) >= 11 is 0. The quantitative estimate of drug-likeness (QED) is 0.590. The summed E-state index contributed by atoms with van der Waals surface area (Å²) in [4.78, 5) is 13.0. The predicted molar refractivity (Wildman–Crippen MR) is 45.1 cm³/mol. The molecular formula is C8H15NO. The topological polar surface area (TPSA) is 32.9 Å². The van der Waals surface area contributed by atoms with Crippen LogP contribution in [-0.4, -0.2) is 4.98 Å². The molecule has 0 bridgehead atoms. The standard InChI is InChI=1S/C5H5NO.C2H6.CH4/c7-5-1-3-6-4-2-5;1-2;/h1-4H,(H,6,7);1-2H3;1H4/i;;1D. The lowest BCUT2D eigenvalue weighted by atomic mass is 10.5. The highest BCUT2D eigenvalue weighted by atomic mass is 16.1. The molecule has 0 aliphatic heterocycles. The van der Waals surface area contributed by atoms with Gasteiger partial charge < -0.3 is 4.98 Å². The van der Waals surface area contributed by atoms with Crippen LogP contribution in [0.15, 0.2) is 29.3 Å². The normalized spacial score (nSPS) is 7.30. The van der Waals surface area contributed by atoms with Gasteiger partial charge in [0.15, 0.2) is 5.43 Å². The van der Waals surface area contributed by atoms with Crippen molar-refractivity contribution in [3.05, 3.63) is 34.7 Å². The van der Waals surface area contributed by atoms with Crippen LogP contribution < -0.4 is 5.43 Å². The van der Waals surface area contributed by atoms with Gasteiger partial charge in [-0.25, -0.2) is 0 Å². The second-order valence-corrected chi connectivity index (χ2v) is 1.24. The van der Waals surface area contributed by atoms with Crippen molar-refractivity contribution in [3.8, 4) is 0 Å². The van der Waals surface area contributed by atoms with Gasteiger partial charge in [0, 0.05) is 25.9 Å². The fourth-order valence-electron chi connectivity index (χ4n) is 0.372. The zero-order valence-corrected chi connectivity index (χ0v) is 6.72. The first-order chi connectivity index (χ1) is 5.39. The third-order valence-electron chi connectivity index (χ3n) is 0.688. The average Bonchev–Trinajstić information content (AvgIpc) is 2.13. The van der Waals surface area contributed by atoms with Crippen molar-refractivity contribution in [2.45, 2.75) is 21.3 Å². The lowest BCUT2D eigenvalue weighted by molar-refractivity contribution is 1.31. The van der Waals surface area contributed by atoms with E-state index in [1.807, 2.05) is 13.8 Å². The zero-order chi connectivity index (χ0) is 9.11. The number of pyridine rings is 1. The molecule has 1 N–H and O–H groups in total. The summed E-state index contributed by atoms with van der Waals surface area (Å²) in [5, 5.41) is 0. The van der Waals surface area contributed by atoms with Gasteiger partial charge in [0.2, 0.25) is 0 Å². The molecule has 0 radical (unpaired) electrons. The Hall–Kier alpha value is -1.05. The molecule has 0 amide bonds. The van der Waals surface area contributed by atoms with Crippen LogP contribution in [0.4, 0.5) is 0 Å². The van der Waals surface area contributed by atoms with Gasteiger partial charge >= 0.3 is 0 Å². The summed E-state index contributed by atoms with van der Waals surface area (Å²) in [6.07, 6.45) is 3.20. The van der Waals surface area contributed by atoms with E-state index in [4.69, 9.17) is 1.37 Å². The molecule has 2 heteroatoms. The summed E-state index contributed by atoms with van der Waals surface area (Å²) < 4.78 is 5.75. The fourth-order valence-corrected chi connectivity index (χ4v) is 0.372. The van der Waals surface area contributed by atoms with Crippen molar-refractivity contribution < 1.29 is 1.37 Å². The summed E-state index contributed by atoms with van der Waals surface area (Å²) in [5.41, 5.74) is 0.0405. The Morgan fingerprint density at radius 1 is 1.40 bits per heavy atom. The highest BCUT2D eigenvalue weighted by molar-refractivity contribution is 4.90. The molecule has 0 fully saturated rings. The maximum atomic E-state index is 10.2. The molecule has 0 aromatic carbocycles. The molecule has 10 heavy (non-hydrogen) atoms. The van der Waals surface area contributed by atoms with E-state index in [1.165, 1.54) is 19.5 Å². The Morgan fingerprint density at radius 3 is 2.00 bits per heavy atom. The van der Waals surface area contributed by atoms with Crippen LogP contribution in [0.2, 0.25) is 0 Å². The lowest BCUT2D eigenvalue weighted by Gasteiger charge is -1.73. The Balaban J connectivity index is 0.